The minimum Gasteiger partial charge on any atom is -0.507 e. The first-order valence-electron chi connectivity index (χ1n) is 4.08. The molecule has 0 spiro atoms. The molecule has 1 saturated heterocycles. The number of carbonyl (C=O) groups is 1. The van der Waals surface area contributed by atoms with E-state index in [9.17, 15) is 9.90 Å². The number of hydrogen-bond acceptors (Lipinski definition) is 3. The van der Waals surface area contributed by atoms with Crippen LogP contribution in [0.5, 0.6) is 5.75 Å². The van der Waals surface area contributed by atoms with Gasteiger partial charge in [0.15, 0.2) is 0 Å². The molecule has 0 bridgehead atoms. The average Bonchev–Trinajstić information content (AvgIpc) is 2.57. The molecule has 1 fully saturated rings. The van der Waals surface area contributed by atoms with Crippen LogP contribution in [0.3, 0.4) is 0 Å². The van der Waals surface area contributed by atoms with E-state index < -0.39 is 6.09 Å². The molecule has 0 saturated carbocycles. The zero-order valence-corrected chi connectivity index (χ0v) is 8.74. The van der Waals surface area contributed by atoms with Gasteiger partial charge in [0.1, 0.15) is 12.4 Å². The smallest absolute Gasteiger partial charge is 0.407 e. The number of benzene rings is 1. The normalized spacial score (nSPS) is 20.4. The standard InChI is InChI=1S/C9H8BrNO3/c10-6-3-5(1-2-8(6)12)7-4-14-9(13)11-7/h1-3,7,12H,4H2,(H,11,13)/t7-/m0/s1. The van der Waals surface area contributed by atoms with Crippen LogP contribution in [-0.4, -0.2) is 17.8 Å². The third-order valence-electron chi connectivity index (χ3n) is 2.05. The molecule has 0 radical (unpaired) electrons. The third kappa shape index (κ3) is 1.68. The minimum atomic E-state index is -0.404. The molecule has 1 heterocycles. The number of halogens is 1. The van der Waals surface area contributed by atoms with Gasteiger partial charge in [-0.05, 0) is 33.6 Å². The van der Waals surface area contributed by atoms with E-state index in [-0.39, 0.29) is 11.8 Å². The molecule has 1 atom stereocenters. The summed E-state index contributed by atoms with van der Waals surface area (Å²) in [6, 6.07) is 4.96. The van der Waals surface area contributed by atoms with Crippen molar-refractivity contribution in [2.24, 2.45) is 0 Å². The Morgan fingerprint density at radius 1 is 1.57 bits per heavy atom. The van der Waals surface area contributed by atoms with Crippen molar-refractivity contribution in [3.63, 3.8) is 0 Å². The number of phenols is 1. The van der Waals surface area contributed by atoms with Gasteiger partial charge < -0.3 is 15.2 Å². The zero-order chi connectivity index (χ0) is 10.1. The molecule has 0 unspecified atom stereocenters. The molecule has 1 aromatic rings. The van der Waals surface area contributed by atoms with Crippen molar-refractivity contribution in [1.29, 1.82) is 0 Å². The summed E-state index contributed by atoms with van der Waals surface area (Å²) in [5.74, 6) is 0.180. The number of hydrogen-bond donors (Lipinski definition) is 2. The molecule has 4 nitrogen and oxygen atoms in total. The molecule has 5 heteroatoms. The maximum Gasteiger partial charge on any atom is 0.407 e. The van der Waals surface area contributed by atoms with Gasteiger partial charge in [-0.3, -0.25) is 0 Å². The Hall–Kier alpha value is -1.23. The molecule has 1 aliphatic heterocycles. The SMILES string of the molecule is O=C1N[C@H](c2ccc(O)c(Br)c2)CO1. The van der Waals surface area contributed by atoms with Crippen molar-refractivity contribution >= 4 is 22.0 Å². The van der Waals surface area contributed by atoms with E-state index in [1.54, 1.807) is 18.2 Å². The van der Waals surface area contributed by atoms with Gasteiger partial charge in [0, 0.05) is 0 Å². The topological polar surface area (TPSA) is 58.6 Å². The molecule has 0 aromatic heterocycles. The van der Waals surface area contributed by atoms with Gasteiger partial charge in [0.05, 0.1) is 10.5 Å². The van der Waals surface area contributed by atoms with Crippen LogP contribution in [0.1, 0.15) is 11.6 Å². The maximum atomic E-state index is 10.8. The number of ether oxygens (including phenoxy) is 1. The van der Waals surface area contributed by atoms with Gasteiger partial charge in [0.2, 0.25) is 0 Å². The van der Waals surface area contributed by atoms with E-state index in [0.717, 1.165) is 5.56 Å². The Labute approximate surface area is 89.0 Å². The number of rotatable bonds is 1. The fraction of sp³-hybridized carbons (Fsp3) is 0.222. The van der Waals surface area contributed by atoms with Gasteiger partial charge in [-0.2, -0.15) is 0 Å². The van der Waals surface area contributed by atoms with Crippen molar-refractivity contribution in [2.45, 2.75) is 6.04 Å². The summed E-state index contributed by atoms with van der Waals surface area (Å²) in [7, 11) is 0. The summed E-state index contributed by atoms with van der Waals surface area (Å²) in [6.07, 6.45) is -0.404. The summed E-state index contributed by atoms with van der Waals surface area (Å²) in [4.78, 5) is 10.8. The first kappa shape index (κ1) is 9.33. The molecule has 1 amide bonds. The quantitative estimate of drug-likeness (QED) is 0.809. The Kier molecular flexibility index (Phi) is 2.33. The van der Waals surface area contributed by atoms with Crippen LogP contribution in [-0.2, 0) is 4.74 Å². The Morgan fingerprint density at radius 3 is 2.93 bits per heavy atom. The predicted molar refractivity (Wildman–Crippen MR) is 53.0 cm³/mol. The molecular weight excluding hydrogens is 250 g/mol. The molecule has 0 aliphatic carbocycles. The highest BCUT2D eigenvalue weighted by atomic mass is 79.9. The summed E-state index contributed by atoms with van der Waals surface area (Å²) in [5, 5.41) is 11.9. The number of aromatic hydroxyl groups is 1. The number of amides is 1. The Morgan fingerprint density at radius 2 is 2.36 bits per heavy atom. The van der Waals surface area contributed by atoms with E-state index in [4.69, 9.17) is 4.74 Å². The molecule has 1 aliphatic rings. The highest BCUT2D eigenvalue weighted by Crippen LogP contribution is 2.28. The first-order valence-corrected chi connectivity index (χ1v) is 4.88. The van der Waals surface area contributed by atoms with Crippen LogP contribution >= 0.6 is 15.9 Å². The first-order chi connectivity index (χ1) is 6.66. The lowest BCUT2D eigenvalue weighted by Gasteiger charge is -2.08. The monoisotopic (exact) mass is 257 g/mol. The molecule has 2 rings (SSSR count). The summed E-state index contributed by atoms with van der Waals surface area (Å²) in [6.45, 7) is 0.329. The molecule has 74 valence electrons. The van der Waals surface area contributed by atoms with Gasteiger partial charge in [-0.1, -0.05) is 6.07 Å². The van der Waals surface area contributed by atoms with E-state index >= 15 is 0 Å². The molecule has 2 N–H and O–H groups in total. The highest BCUT2D eigenvalue weighted by Gasteiger charge is 2.23. The molecular formula is C9H8BrNO3. The Bertz CT molecular complexity index is 380. The van der Waals surface area contributed by atoms with Crippen molar-refractivity contribution in [2.75, 3.05) is 6.61 Å². The van der Waals surface area contributed by atoms with Crippen LogP contribution < -0.4 is 5.32 Å². The number of cyclic esters (lactones) is 1. The van der Waals surface area contributed by atoms with Crippen molar-refractivity contribution in [1.82, 2.24) is 5.32 Å². The van der Waals surface area contributed by atoms with E-state index in [0.29, 0.717) is 11.1 Å². The van der Waals surface area contributed by atoms with Crippen LogP contribution in [0, 0.1) is 0 Å². The summed E-state index contributed by atoms with van der Waals surface area (Å²) >= 11 is 3.20. The summed E-state index contributed by atoms with van der Waals surface area (Å²) in [5.41, 5.74) is 0.903. The summed E-state index contributed by atoms with van der Waals surface area (Å²) < 4.78 is 5.37. The van der Waals surface area contributed by atoms with Crippen LogP contribution in [0.4, 0.5) is 4.79 Å². The number of phenolic OH excluding ortho intramolecular Hbond substituents is 1. The van der Waals surface area contributed by atoms with Gasteiger partial charge in [-0.25, -0.2) is 4.79 Å². The van der Waals surface area contributed by atoms with Crippen LogP contribution in [0.25, 0.3) is 0 Å². The lowest BCUT2D eigenvalue weighted by atomic mass is 10.1. The van der Waals surface area contributed by atoms with Gasteiger partial charge >= 0.3 is 6.09 Å². The fourth-order valence-electron chi connectivity index (χ4n) is 1.30. The fourth-order valence-corrected chi connectivity index (χ4v) is 1.70. The van der Waals surface area contributed by atoms with Crippen molar-refractivity contribution in [3.05, 3.63) is 28.2 Å². The molecule has 1 aromatic carbocycles. The number of alkyl carbamates (subject to hydrolysis) is 1. The second-order valence-electron chi connectivity index (χ2n) is 3.01. The second-order valence-corrected chi connectivity index (χ2v) is 3.86. The van der Waals surface area contributed by atoms with Crippen molar-refractivity contribution in [3.8, 4) is 5.75 Å². The van der Waals surface area contributed by atoms with E-state index in [2.05, 4.69) is 21.2 Å². The van der Waals surface area contributed by atoms with Crippen LogP contribution in [0.15, 0.2) is 22.7 Å². The van der Waals surface area contributed by atoms with Gasteiger partial charge in [0.25, 0.3) is 0 Å². The lowest BCUT2D eigenvalue weighted by molar-refractivity contribution is 0.177. The zero-order valence-electron chi connectivity index (χ0n) is 7.16. The third-order valence-corrected chi connectivity index (χ3v) is 2.68. The maximum absolute atomic E-state index is 10.8. The van der Waals surface area contributed by atoms with Crippen molar-refractivity contribution < 1.29 is 14.6 Å². The molecule has 14 heavy (non-hydrogen) atoms. The second kappa shape index (κ2) is 3.49. The van der Waals surface area contributed by atoms with Gasteiger partial charge in [-0.15, -0.1) is 0 Å². The predicted octanol–water partition coefficient (Wildman–Crippen LogP) is 1.94. The lowest BCUT2D eigenvalue weighted by Crippen LogP contribution is -2.18. The minimum absolute atomic E-state index is 0.126. The van der Waals surface area contributed by atoms with E-state index in [1.807, 2.05) is 0 Å². The highest BCUT2D eigenvalue weighted by molar-refractivity contribution is 9.10. The largest absolute Gasteiger partial charge is 0.507 e. The van der Waals surface area contributed by atoms with Crippen LogP contribution in [0.2, 0.25) is 0 Å². The Balaban J connectivity index is 2.24. The van der Waals surface area contributed by atoms with E-state index in [1.165, 1.54) is 0 Å². The average molecular weight is 258 g/mol. The number of carbonyl (C=O) groups excluding carboxylic acids is 1. The number of nitrogens with one attached hydrogen (secondary N) is 1.